The van der Waals surface area contributed by atoms with Crippen molar-refractivity contribution in [1.82, 2.24) is 0 Å². The van der Waals surface area contributed by atoms with E-state index in [0.29, 0.717) is 0 Å². The van der Waals surface area contributed by atoms with Crippen LogP contribution in [0.2, 0.25) is 0 Å². The normalized spacial score (nSPS) is 19.1. The summed E-state index contributed by atoms with van der Waals surface area (Å²) < 4.78 is 0.965. The van der Waals surface area contributed by atoms with Gasteiger partial charge in [0.1, 0.15) is 6.04 Å². The number of carbonyl (C=O) groups excluding carboxylic acids is 1. The summed E-state index contributed by atoms with van der Waals surface area (Å²) in [5.41, 5.74) is 7.80. The number of carbonyl (C=O) groups is 1. The Balaban J connectivity index is 2.34. The summed E-state index contributed by atoms with van der Waals surface area (Å²) in [5.74, 6) is 0.0153. The second-order valence-electron chi connectivity index (χ2n) is 4.02. The molecule has 1 aliphatic rings. The van der Waals surface area contributed by atoms with E-state index in [1.807, 2.05) is 18.2 Å². The lowest BCUT2D eigenvalue weighted by Crippen LogP contribution is -2.32. The van der Waals surface area contributed by atoms with E-state index in [4.69, 9.17) is 5.73 Å². The minimum atomic E-state index is -0.496. The molecule has 0 saturated heterocycles. The summed E-state index contributed by atoms with van der Waals surface area (Å²) in [6.45, 7) is 2.88. The van der Waals surface area contributed by atoms with Gasteiger partial charge in [0.05, 0.1) is 0 Å². The van der Waals surface area contributed by atoms with Crippen LogP contribution >= 0.6 is 15.9 Å². The van der Waals surface area contributed by atoms with Crippen LogP contribution in [0.5, 0.6) is 0 Å². The molecule has 1 aliphatic heterocycles. The molecule has 1 aromatic carbocycles. The van der Waals surface area contributed by atoms with Crippen LogP contribution in [0.1, 0.15) is 31.4 Å². The van der Waals surface area contributed by atoms with E-state index in [9.17, 15) is 4.79 Å². The number of fused-ring (bicyclic) bond motifs is 1. The molecule has 1 unspecified atom stereocenters. The van der Waals surface area contributed by atoms with Gasteiger partial charge in [0.15, 0.2) is 0 Å². The Morgan fingerprint density at radius 3 is 2.94 bits per heavy atom. The fourth-order valence-corrected chi connectivity index (χ4v) is 2.37. The lowest BCUT2D eigenvalue weighted by Gasteiger charge is -2.16. The zero-order valence-electron chi connectivity index (χ0n) is 9.24. The van der Waals surface area contributed by atoms with Crippen molar-refractivity contribution in [3.63, 3.8) is 0 Å². The molecule has 3 nitrogen and oxygen atoms in total. The number of unbranched alkanes of at least 4 members (excludes halogenated alkanes) is 1. The van der Waals surface area contributed by atoms with Crippen LogP contribution in [0.15, 0.2) is 22.7 Å². The quantitative estimate of drug-likeness (QED) is 0.926. The van der Waals surface area contributed by atoms with Crippen molar-refractivity contribution < 1.29 is 4.79 Å². The average Bonchev–Trinajstić information content (AvgIpc) is 2.50. The minimum Gasteiger partial charge on any atom is -0.316 e. The van der Waals surface area contributed by atoms with Gasteiger partial charge in [-0.05, 0) is 24.6 Å². The highest BCUT2D eigenvalue weighted by atomic mass is 79.9. The van der Waals surface area contributed by atoms with Gasteiger partial charge in [-0.2, -0.15) is 0 Å². The third-order valence-corrected chi connectivity index (χ3v) is 3.38. The topological polar surface area (TPSA) is 46.3 Å². The predicted molar refractivity (Wildman–Crippen MR) is 68.3 cm³/mol. The number of amides is 1. The first kappa shape index (κ1) is 11.6. The number of hydrogen-bond donors (Lipinski definition) is 1. The van der Waals surface area contributed by atoms with E-state index < -0.39 is 6.04 Å². The van der Waals surface area contributed by atoms with Crippen molar-refractivity contribution >= 4 is 27.5 Å². The van der Waals surface area contributed by atoms with Gasteiger partial charge in [-0.1, -0.05) is 29.3 Å². The van der Waals surface area contributed by atoms with Gasteiger partial charge in [-0.15, -0.1) is 0 Å². The van der Waals surface area contributed by atoms with E-state index >= 15 is 0 Å². The fraction of sp³-hybridized carbons (Fsp3) is 0.417. The second kappa shape index (κ2) is 4.55. The highest BCUT2D eigenvalue weighted by Crippen LogP contribution is 2.36. The average molecular weight is 283 g/mol. The van der Waals surface area contributed by atoms with Crippen molar-refractivity contribution in [3.8, 4) is 0 Å². The minimum absolute atomic E-state index is 0.0153. The maximum Gasteiger partial charge on any atom is 0.248 e. The Hall–Kier alpha value is -0.870. The molecule has 0 bridgehead atoms. The predicted octanol–water partition coefficient (Wildman–Crippen LogP) is 2.60. The van der Waals surface area contributed by atoms with Crippen molar-refractivity contribution in [2.45, 2.75) is 25.8 Å². The van der Waals surface area contributed by atoms with E-state index in [-0.39, 0.29) is 5.91 Å². The Labute approximate surface area is 104 Å². The maximum absolute atomic E-state index is 12.0. The number of halogens is 1. The monoisotopic (exact) mass is 282 g/mol. The summed E-state index contributed by atoms with van der Waals surface area (Å²) in [7, 11) is 0. The third-order valence-electron chi connectivity index (χ3n) is 2.88. The Morgan fingerprint density at radius 2 is 2.25 bits per heavy atom. The van der Waals surface area contributed by atoms with E-state index in [1.165, 1.54) is 0 Å². The Morgan fingerprint density at radius 1 is 1.50 bits per heavy atom. The highest BCUT2D eigenvalue weighted by Gasteiger charge is 2.34. The van der Waals surface area contributed by atoms with E-state index in [0.717, 1.165) is 35.1 Å². The van der Waals surface area contributed by atoms with Crippen molar-refractivity contribution in [3.05, 3.63) is 28.2 Å². The van der Waals surface area contributed by atoms with Gasteiger partial charge in [-0.3, -0.25) is 4.79 Å². The molecule has 0 saturated carbocycles. The summed E-state index contributed by atoms with van der Waals surface area (Å²) in [6, 6.07) is 5.34. The number of anilines is 1. The molecule has 0 spiro atoms. The first-order chi connectivity index (χ1) is 7.65. The van der Waals surface area contributed by atoms with Crippen molar-refractivity contribution in [2.75, 3.05) is 11.4 Å². The fourth-order valence-electron chi connectivity index (χ4n) is 1.99. The van der Waals surface area contributed by atoms with E-state index in [2.05, 4.69) is 22.9 Å². The van der Waals surface area contributed by atoms with Gasteiger partial charge in [0.25, 0.3) is 0 Å². The number of nitrogens with zero attached hydrogens (tertiary/aromatic N) is 1. The zero-order chi connectivity index (χ0) is 11.7. The Kier molecular flexibility index (Phi) is 3.30. The van der Waals surface area contributed by atoms with Crippen molar-refractivity contribution in [1.29, 1.82) is 0 Å². The van der Waals surface area contributed by atoms with Gasteiger partial charge in [0.2, 0.25) is 5.91 Å². The summed E-state index contributed by atoms with van der Waals surface area (Å²) in [5, 5.41) is 0. The van der Waals surface area contributed by atoms with E-state index in [1.54, 1.807) is 4.90 Å². The van der Waals surface area contributed by atoms with Crippen molar-refractivity contribution in [2.24, 2.45) is 5.73 Å². The Bertz CT molecular complexity index is 419. The molecule has 1 aromatic rings. The lowest BCUT2D eigenvalue weighted by molar-refractivity contribution is -0.119. The SMILES string of the molecule is CCCCN1C(=O)C(N)c2cc(Br)ccc21. The van der Waals surface area contributed by atoms with Crippen LogP contribution in [0, 0.1) is 0 Å². The van der Waals surface area contributed by atoms with Gasteiger partial charge in [0, 0.05) is 22.3 Å². The summed E-state index contributed by atoms with van der Waals surface area (Å²) in [4.78, 5) is 13.8. The molecule has 1 amide bonds. The molecule has 86 valence electrons. The molecule has 2 rings (SSSR count). The number of benzene rings is 1. The molecule has 4 heteroatoms. The lowest BCUT2D eigenvalue weighted by atomic mass is 10.1. The number of hydrogen-bond acceptors (Lipinski definition) is 2. The van der Waals surface area contributed by atoms with Crippen LogP contribution in [-0.2, 0) is 4.79 Å². The van der Waals surface area contributed by atoms with Crippen LogP contribution in [0.4, 0.5) is 5.69 Å². The molecular formula is C12H15BrN2O. The summed E-state index contributed by atoms with van der Waals surface area (Å²) >= 11 is 3.40. The van der Waals surface area contributed by atoms with Crippen LogP contribution in [0.3, 0.4) is 0 Å². The zero-order valence-corrected chi connectivity index (χ0v) is 10.8. The third kappa shape index (κ3) is 1.87. The smallest absolute Gasteiger partial charge is 0.248 e. The van der Waals surface area contributed by atoms with Crippen LogP contribution < -0.4 is 10.6 Å². The molecule has 16 heavy (non-hydrogen) atoms. The summed E-state index contributed by atoms with van der Waals surface area (Å²) in [6.07, 6.45) is 2.08. The largest absolute Gasteiger partial charge is 0.316 e. The van der Waals surface area contributed by atoms with Crippen LogP contribution in [0.25, 0.3) is 0 Å². The maximum atomic E-state index is 12.0. The van der Waals surface area contributed by atoms with Gasteiger partial charge >= 0.3 is 0 Å². The molecule has 0 radical (unpaired) electrons. The molecule has 0 fully saturated rings. The molecule has 0 aliphatic carbocycles. The first-order valence-corrected chi connectivity index (χ1v) is 6.31. The molecular weight excluding hydrogens is 268 g/mol. The second-order valence-corrected chi connectivity index (χ2v) is 4.94. The molecule has 1 heterocycles. The van der Waals surface area contributed by atoms with Gasteiger partial charge < -0.3 is 10.6 Å². The first-order valence-electron chi connectivity index (χ1n) is 5.51. The number of rotatable bonds is 3. The molecule has 0 aromatic heterocycles. The molecule has 2 N–H and O–H groups in total. The highest BCUT2D eigenvalue weighted by molar-refractivity contribution is 9.10. The number of nitrogens with two attached hydrogens (primary N) is 1. The standard InChI is InChI=1S/C12H15BrN2O/c1-2-3-6-15-10-5-4-8(13)7-9(10)11(14)12(15)16/h4-5,7,11H,2-3,6,14H2,1H3. The van der Waals surface area contributed by atoms with Crippen LogP contribution in [-0.4, -0.2) is 12.5 Å². The molecule has 1 atom stereocenters. The van der Waals surface area contributed by atoms with Gasteiger partial charge in [-0.25, -0.2) is 0 Å².